The average Bonchev–Trinajstić information content (AvgIpc) is 2.83. The van der Waals surface area contributed by atoms with Gasteiger partial charge >= 0.3 is 6.09 Å². The van der Waals surface area contributed by atoms with E-state index in [4.69, 9.17) is 4.74 Å². The molecule has 0 bridgehead atoms. The van der Waals surface area contributed by atoms with Gasteiger partial charge in [-0.05, 0) is 44.7 Å². The highest BCUT2D eigenvalue weighted by Crippen LogP contribution is 2.21. The van der Waals surface area contributed by atoms with Crippen molar-refractivity contribution in [2.45, 2.75) is 45.3 Å². The molecule has 2 rings (SSSR count). The highest BCUT2D eigenvalue weighted by molar-refractivity contribution is 5.67. The monoisotopic (exact) mass is 302 g/mol. The lowest BCUT2D eigenvalue weighted by Crippen LogP contribution is -2.32. The fourth-order valence-corrected chi connectivity index (χ4v) is 2.56. The Labute approximate surface area is 132 Å². The van der Waals surface area contributed by atoms with E-state index in [-0.39, 0.29) is 6.09 Å². The minimum Gasteiger partial charge on any atom is -0.444 e. The summed E-state index contributed by atoms with van der Waals surface area (Å²) in [6.07, 6.45) is 5.80. The molecule has 1 aliphatic carbocycles. The summed E-state index contributed by atoms with van der Waals surface area (Å²) in [6.45, 7) is 6.86. The number of hydrogen-bond donors (Lipinski definition) is 2. The maximum atomic E-state index is 11.4. The van der Waals surface area contributed by atoms with Gasteiger partial charge in [0.1, 0.15) is 5.60 Å². The maximum Gasteiger partial charge on any atom is 0.407 e. The standard InChI is InChI=1S/C18H26N2O2/c1-18(2,3)22-17(21)20-11-7-6-10-19-16-12-14-8-4-5-9-15(14)13-16/h4-9,16,19H,10-13H2,1-3H3,(H,20,21)/b7-6+. The molecule has 0 heterocycles. The van der Waals surface area contributed by atoms with Crippen LogP contribution < -0.4 is 10.6 Å². The van der Waals surface area contributed by atoms with Gasteiger partial charge in [0.2, 0.25) is 0 Å². The summed E-state index contributed by atoms with van der Waals surface area (Å²) in [5.74, 6) is 0. The zero-order chi connectivity index (χ0) is 16.0. The van der Waals surface area contributed by atoms with Gasteiger partial charge in [-0.1, -0.05) is 36.4 Å². The van der Waals surface area contributed by atoms with E-state index in [2.05, 4.69) is 34.9 Å². The summed E-state index contributed by atoms with van der Waals surface area (Å²) in [6, 6.07) is 9.13. The van der Waals surface area contributed by atoms with Gasteiger partial charge in [0.25, 0.3) is 0 Å². The van der Waals surface area contributed by atoms with Gasteiger partial charge in [0.05, 0.1) is 0 Å². The molecule has 4 heteroatoms. The first-order chi connectivity index (χ1) is 10.4. The van der Waals surface area contributed by atoms with Gasteiger partial charge in [-0.15, -0.1) is 0 Å². The van der Waals surface area contributed by atoms with Crippen molar-refractivity contribution in [3.05, 3.63) is 47.5 Å². The molecule has 0 atom stereocenters. The molecule has 0 fully saturated rings. The Morgan fingerprint density at radius 1 is 1.18 bits per heavy atom. The maximum absolute atomic E-state index is 11.4. The Bertz CT molecular complexity index is 507. The number of amides is 1. The van der Waals surface area contributed by atoms with Crippen LogP contribution in [-0.4, -0.2) is 30.8 Å². The Balaban J connectivity index is 1.59. The number of carbonyl (C=O) groups excluding carboxylic acids is 1. The number of fused-ring (bicyclic) bond motifs is 1. The highest BCUT2D eigenvalue weighted by Gasteiger charge is 2.19. The highest BCUT2D eigenvalue weighted by atomic mass is 16.6. The molecular weight excluding hydrogens is 276 g/mol. The lowest BCUT2D eigenvalue weighted by molar-refractivity contribution is 0.0534. The van der Waals surface area contributed by atoms with Gasteiger partial charge in [0.15, 0.2) is 0 Å². The van der Waals surface area contributed by atoms with E-state index in [0.29, 0.717) is 12.6 Å². The van der Waals surface area contributed by atoms with E-state index < -0.39 is 5.60 Å². The number of alkyl carbamates (subject to hydrolysis) is 1. The summed E-state index contributed by atoms with van der Waals surface area (Å²) < 4.78 is 5.16. The molecule has 0 spiro atoms. The van der Waals surface area contributed by atoms with Crippen molar-refractivity contribution in [1.29, 1.82) is 0 Å². The summed E-state index contributed by atoms with van der Waals surface area (Å²) in [5, 5.41) is 6.23. The molecule has 4 nitrogen and oxygen atoms in total. The molecule has 1 aliphatic rings. The van der Waals surface area contributed by atoms with Gasteiger partial charge in [0, 0.05) is 19.1 Å². The zero-order valence-corrected chi connectivity index (χ0v) is 13.7. The quantitative estimate of drug-likeness (QED) is 0.822. The molecule has 0 saturated carbocycles. The minimum atomic E-state index is -0.452. The van der Waals surface area contributed by atoms with Crippen LogP contribution in [0.3, 0.4) is 0 Å². The van der Waals surface area contributed by atoms with Crippen LogP contribution in [0, 0.1) is 0 Å². The molecule has 22 heavy (non-hydrogen) atoms. The van der Waals surface area contributed by atoms with Crippen LogP contribution in [0.4, 0.5) is 4.79 Å². The van der Waals surface area contributed by atoms with Gasteiger partial charge in [-0.2, -0.15) is 0 Å². The van der Waals surface area contributed by atoms with Crippen LogP contribution in [0.15, 0.2) is 36.4 Å². The molecule has 0 aliphatic heterocycles. The Kier molecular flexibility index (Phi) is 5.61. The van der Waals surface area contributed by atoms with Crippen LogP contribution in [0.1, 0.15) is 31.9 Å². The number of nitrogens with one attached hydrogen (secondary N) is 2. The predicted molar refractivity (Wildman–Crippen MR) is 89.0 cm³/mol. The lowest BCUT2D eigenvalue weighted by atomic mass is 10.1. The van der Waals surface area contributed by atoms with Crippen LogP contribution in [0.5, 0.6) is 0 Å². The molecule has 1 aromatic carbocycles. The van der Waals surface area contributed by atoms with Crippen LogP contribution >= 0.6 is 0 Å². The van der Waals surface area contributed by atoms with Crippen LogP contribution in [0.25, 0.3) is 0 Å². The zero-order valence-electron chi connectivity index (χ0n) is 13.7. The normalized spacial score (nSPS) is 15.0. The second-order valence-electron chi connectivity index (χ2n) is 6.64. The SMILES string of the molecule is CC(C)(C)OC(=O)NC/C=C/CNC1Cc2ccccc2C1. The average molecular weight is 302 g/mol. The van der Waals surface area contributed by atoms with Gasteiger partial charge < -0.3 is 15.4 Å². The minimum absolute atomic E-state index is 0.378. The molecule has 1 amide bonds. The van der Waals surface area contributed by atoms with Crippen molar-refractivity contribution in [3.63, 3.8) is 0 Å². The third kappa shape index (κ3) is 5.53. The number of carbonyl (C=O) groups is 1. The van der Waals surface area contributed by atoms with Crippen molar-refractivity contribution in [2.75, 3.05) is 13.1 Å². The number of benzene rings is 1. The van der Waals surface area contributed by atoms with Crippen LogP contribution in [-0.2, 0) is 17.6 Å². The van der Waals surface area contributed by atoms with E-state index in [9.17, 15) is 4.79 Å². The summed E-state index contributed by atoms with van der Waals surface area (Å²) >= 11 is 0. The van der Waals surface area contributed by atoms with Gasteiger partial charge in [-0.3, -0.25) is 0 Å². The lowest BCUT2D eigenvalue weighted by Gasteiger charge is -2.19. The molecule has 0 radical (unpaired) electrons. The smallest absolute Gasteiger partial charge is 0.407 e. The number of rotatable bonds is 5. The number of hydrogen-bond acceptors (Lipinski definition) is 3. The number of ether oxygens (including phenoxy) is 1. The van der Waals surface area contributed by atoms with E-state index in [1.807, 2.05) is 32.9 Å². The molecule has 0 unspecified atom stereocenters. The Morgan fingerprint density at radius 3 is 2.36 bits per heavy atom. The van der Waals surface area contributed by atoms with E-state index in [1.54, 1.807) is 0 Å². The molecule has 0 saturated heterocycles. The molecule has 2 N–H and O–H groups in total. The third-order valence-electron chi connectivity index (χ3n) is 3.51. The predicted octanol–water partition coefficient (Wildman–Crippen LogP) is 2.82. The van der Waals surface area contributed by atoms with Crippen molar-refractivity contribution in [1.82, 2.24) is 10.6 Å². The first-order valence-electron chi connectivity index (χ1n) is 7.86. The fourth-order valence-electron chi connectivity index (χ4n) is 2.56. The van der Waals surface area contributed by atoms with Crippen molar-refractivity contribution >= 4 is 6.09 Å². The first-order valence-corrected chi connectivity index (χ1v) is 7.86. The second kappa shape index (κ2) is 7.45. The topological polar surface area (TPSA) is 50.4 Å². The van der Waals surface area contributed by atoms with Gasteiger partial charge in [-0.25, -0.2) is 4.79 Å². The Morgan fingerprint density at radius 2 is 1.77 bits per heavy atom. The third-order valence-corrected chi connectivity index (χ3v) is 3.51. The van der Waals surface area contributed by atoms with E-state index in [1.165, 1.54) is 11.1 Å². The molecular formula is C18H26N2O2. The molecule has 0 aromatic heterocycles. The second-order valence-corrected chi connectivity index (χ2v) is 6.64. The molecule has 1 aromatic rings. The first kappa shape index (κ1) is 16.6. The Hall–Kier alpha value is -1.81. The van der Waals surface area contributed by atoms with Crippen molar-refractivity contribution in [3.8, 4) is 0 Å². The molecule has 120 valence electrons. The summed E-state index contributed by atoms with van der Waals surface area (Å²) in [4.78, 5) is 11.4. The largest absolute Gasteiger partial charge is 0.444 e. The van der Waals surface area contributed by atoms with E-state index >= 15 is 0 Å². The van der Waals surface area contributed by atoms with Crippen molar-refractivity contribution in [2.24, 2.45) is 0 Å². The van der Waals surface area contributed by atoms with Crippen LogP contribution in [0.2, 0.25) is 0 Å². The van der Waals surface area contributed by atoms with E-state index in [0.717, 1.165) is 19.4 Å². The summed E-state index contributed by atoms with van der Waals surface area (Å²) in [7, 11) is 0. The fraction of sp³-hybridized carbons (Fsp3) is 0.500. The summed E-state index contributed by atoms with van der Waals surface area (Å²) in [5.41, 5.74) is 2.46. The van der Waals surface area contributed by atoms with Crippen molar-refractivity contribution < 1.29 is 9.53 Å².